The summed E-state index contributed by atoms with van der Waals surface area (Å²) < 4.78 is 0. The van der Waals surface area contributed by atoms with Gasteiger partial charge in [-0.3, -0.25) is 9.59 Å². The number of rotatable bonds is 3. The average molecular weight is 348 g/mol. The van der Waals surface area contributed by atoms with Crippen molar-refractivity contribution in [3.05, 3.63) is 23.5 Å². The summed E-state index contributed by atoms with van der Waals surface area (Å²) in [6, 6.07) is 0. The van der Waals surface area contributed by atoms with E-state index in [1.54, 1.807) is 13.8 Å². The standard InChI is InChI=1S/C20H28O5/c1-9(2)12-8-19(24)13(18(12,5)6)7-11-16(22)14(15(21)10(3)4)17(23)20(11,19)25/h10-13,23-25H,1,7-8H2,2-6H3/t11-,12-,13+,19+,20+/m1/s1. The molecule has 0 bridgehead atoms. The van der Waals surface area contributed by atoms with Crippen LogP contribution in [0.4, 0.5) is 0 Å². The Morgan fingerprint density at radius 1 is 1.28 bits per heavy atom. The number of allylic oxidation sites excluding steroid dienone is 2. The zero-order chi connectivity index (χ0) is 19.1. The second-order valence-electron chi connectivity index (χ2n) is 9.06. The molecular weight excluding hydrogens is 320 g/mol. The van der Waals surface area contributed by atoms with E-state index in [4.69, 9.17) is 0 Å². The van der Waals surface area contributed by atoms with Crippen molar-refractivity contribution in [2.45, 2.75) is 58.7 Å². The zero-order valence-electron chi connectivity index (χ0n) is 15.6. The number of carbonyl (C=O) groups is 2. The van der Waals surface area contributed by atoms with Crippen LogP contribution in [-0.4, -0.2) is 38.1 Å². The van der Waals surface area contributed by atoms with E-state index in [9.17, 15) is 24.9 Å². The van der Waals surface area contributed by atoms with E-state index in [2.05, 4.69) is 6.58 Å². The summed E-state index contributed by atoms with van der Waals surface area (Å²) in [5.41, 5.74) is -3.53. The molecule has 0 aromatic rings. The molecule has 3 rings (SSSR count). The van der Waals surface area contributed by atoms with Crippen LogP contribution in [0, 0.1) is 29.1 Å². The van der Waals surface area contributed by atoms with Crippen molar-refractivity contribution in [3.63, 3.8) is 0 Å². The second-order valence-corrected chi connectivity index (χ2v) is 9.06. The summed E-state index contributed by atoms with van der Waals surface area (Å²) in [6.07, 6.45) is 0.467. The second kappa shape index (κ2) is 5.04. The molecule has 0 radical (unpaired) electrons. The van der Waals surface area contributed by atoms with Gasteiger partial charge in [-0.05, 0) is 37.0 Å². The molecule has 3 aliphatic rings. The summed E-state index contributed by atoms with van der Waals surface area (Å²) in [5.74, 6) is -3.51. The molecule has 5 atom stereocenters. The van der Waals surface area contributed by atoms with E-state index in [-0.39, 0.29) is 35.7 Å². The van der Waals surface area contributed by atoms with Gasteiger partial charge in [0.05, 0.1) is 5.92 Å². The van der Waals surface area contributed by atoms with Crippen LogP contribution in [0.15, 0.2) is 23.5 Å². The van der Waals surface area contributed by atoms with Gasteiger partial charge >= 0.3 is 0 Å². The Morgan fingerprint density at radius 3 is 2.32 bits per heavy atom. The third-order valence-electron chi connectivity index (χ3n) is 7.05. The summed E-state index contributed by atoms with van der Waals surface area (Å²) in [5, 5.41) is 33.6. The van der Waals surface area contributed by atoms with Crippen molar-refractivity contribution in [2.75, 3.05) is 0 Å². The van der Waals surface area contributed by atoms with Crippen LogP contribution < -0.4 is 0 Å². The van der Waals surface area contributed by atoms with E-state index >= 15 is 0 Å². The molecule has 2 saturated carbocycles. The first-order valence-corrected chi connectivity index (χ1v) is 8.94. The number of hydrogen-bond acceptors (Lipinski definition) is 5. The first-order chi connectivity index (χ1) is 11.3. The highest BCUT2D eigenvalue weighted by Crippen LogP contribution is 2.69. The molecule has 5 nitrogen and oxygen atoms in total. The number of carbonyl (C=O) groups excluding carboxylic acids is 2. The third kappa shape index (κ3) is 1.91. The molecule has 0 heterocycles. The summed E-state index contributed by atoms with van der Waals surface area (Å²) in [4.78, 5) is 25.2. The maximum absolute atomic E-state index is 12.8. The molecule has 0 aromatic heterocycles. The van der Waals surface area contributed by atoms with E-state index in [0.29, 0.717) is 0 Å². The van der Waals surface area contributed by atoms with Crippen LogP contribution in [0.5, 0.6) is 0 Å². The minimum atomic E-state index is -2.09. The maximum atomic E-state index is 12.8. The highest BCUT2D eigenvalue weighted by atomic mass is 16.4. The highest BCUT2D eigenvalue weighted by Gasteiger charge is 2.77. The van der Waals surface area contributed by atoms with Crippen LogP contribution in [0.3, 0.4) is 0 Å². The summed E-state index contributed by atoms with van der Waals surface area (Å²) in [6.45, 7) is 13.2. The highest BCUT2D eigenvalue weighted by molar-refractivity contribution is 6.24. The molecule has 0 saturated heterocycles. The number of fused-ring (bicyclic) bond motifs is 3. The fourth-order valence-corrected chi connectivity index (χ4v) is 5.69. The SMILES string of the molecule is C=C(C)[C@H]1C[C@]2(O)[C@@H](C[C@@H]3C(=O)C(C(=O)C(C)C)=C(O)[C@@]32O)C1(C)C. The monoisotopic (exact) mass is 348 g/mol. The average Bonchev–Trinajstić information content (AvgIpc) is 2.94. The third-order valence-corrected chi connectivity index (χ3v) is 7.05. The molecule has 3 aliphatic carbocycles. The van der Waals surface area contributed by atoms with Crippen molar-refractivity contribution < 1.29 is 24.9 Å². The smallest absolute Gasteiger partial charge is 0.176 e. The van der Waals surface area contributed by atoms with Gasteiger partial charge < -0.3 is 15.3 Å². The predicted molar refractivity (Wildman–Crippen MR) is 92.7 cm³/mol. The Hall–Kier alpha value is -1.46. The van der Waals surface area contributed by atoms with Gasteiger partial charge in [0.2, 0.25) is 0 Å². The van der Waals surface area contributed by atoms with E-state index in [1.807, 2.05) is 20.8 Å². The van der Waals surface area contributed by atoms with Gasteiger partial charge in [0, 0.05) is 5.92 Å². The normalized spacial score (nSPS) is 42.1. The Bertz CT molecular complexity index is 716. The Balaban J connectivity index is 2.16. The first-order valence-electron chi connectivity index (χ1n) is 8.94. The summed E-state index contributed by atoms with van der Waals surface area (Å²) in [7, 11) is 0. The molecule has 0 aliphatic heterocycles. The Kier molecular flexibility index (Phi) is 3.70. The van der Waals surface area contributed by atoms with E-state index < -0.39 is 40.4 Å². The summed E-state index contributed by atoms with van der Waals surface area (Å²) >= 11 is 0. The molecular formula is C20H28O5. The molecule has 5 heteroatoms. The molecule has 25 heavy (non-hydrogen) atoms. The van der Waals surface area contributed by atoms with Crippen LogP contribution in [0.2, 0.25) is 0 Å². The largest absolute Gasteiger partial charge is 0.508 e. The molecule has 3 N–H and O–H groups in total. The maximum Gasteiger partial charge on any atom is 0.176 e. The number of ketones is 2. The van der Waals surface area contributed by atoms with Crippen molar-refractivity contribution in [1.82, 2.24) is 0 Å². The molecule has 0 amide bonds. The van der Waals surface area contributed by atoms with Gasteiger partial charge in [-0.25, -0.2) is 0 Å². The Labute approximate surface area is 148 Å². The fraction of sp³-hybridized carbons (Fsp3) is 0.700. The lowest BCUT2D eigenvalue weighted by Gasteiger charge is -2.38. The van der Waals surface area contributed by atoms with Gasteiger partial charge in [0.1, 0.15) is 16.9 Å². The van der Waals surface area contributed by atoms with Gasteiger partial charge in [-0.15, -0.1) is 0 Å². The van der Waals surface area contributed by atoms with Gasteiger partial charge in [-0.1, -0.05) is 39.8 Å². The van der Waals surface area contributed by atoms with Crippen LogP contribution >= 0.6 is 0 Å². The molecule has 0 unspecified atom stereocenters. The topological polar surface area (TPSA) is 94.8 Å². The number of Topliss-reactive ketones (excluding diaryl/α,β-unsaturated/α-hetero) is 2. The lowest BCUT2D eigenvalue weighted by molar-refractivity contribution is -0.155. The Morgan fingerprint density at radius 2 is 1.84 bits per heavy atom. The zero-order valence-corrected chi connectivity index (χ0v) is 15.6. The van der Waals surface area contributed by atoms with Gasteiger partial charge in [0.15, 0.2) is 17.2 Å². The van der Waals surface area contributed by atoms with Crippen molar-refractivity contribution in [3.8, 4) is 0 Å². The number of hydrogen-bond donors (Lipinski definition) is 3. The predicted octanol–water partition coefficient (Wildman–Crippen LogP) is 2.33. The van der Waals surface area contributed by atoms with Gasteiger partial charge in [-0.2, -0.15) is 0 Å². The lowest BCUT2D eigenvalue weighted by Crippen LogP contribution is -2.55. The minimum absolute atomic E-state index is 0.0415. The van der Waals surface area contributed by atoms with Gasteiger partial charge in [0.25, 0.3) is 0 Å². The van der Waals surface area contributed by atoms with E-state index in [1.165, 1.54) is 0 Å². The number of aliphatic hydroxyl groups excluding tert-OH is 1. The van der Waals surface area contributed by atoms with Crippen LogP contribution in [0.1, 0.15) is 47.5 Å². The molecule has 2 fully saturated rings. The molecule has 0 spiro atoms. The van der Waals surface area contributed by atoms with Crippen LogP contribution in [-0.2, 0) is 9.59 Å². The first kappa shape index (κ1) is 18.3. The molecule has 138 valence electrons. The van der Waals surface area contributed by atoms with Crippen molar-refractivity contribution >= 4 is 11.6 Å². The van der Waals surface area contributed by atoms with Crippen molar-refractivity contribution in [1.29, 1.82) is 0 Å². The minimum Gasteiger partial charge on any atom is -0.508 e. The van der Waals surface area contributed by atoms with Crippen LogP contribution in [0.25, 0.3) is 0 Å². The lowest BCUT2D eigenvalue weighted by atomic mass is 9.71. The fourth-order valence-electron chi connectivity index (χ4n) is 5.69. The van der Waals surface area contributed by atoms with Crippen molar-refractivity contribution in [2.24, 2.45) is 29.1 Å². The molecule has 0 aromatic carbocycles. The quantitative estimate of drug-likeness (QED) is 0.537. The van der Waals surface area contributed by atoms with E-state index in [0.717, 1.165) is 5.57 Å². The number of aliphatic hydroxyl groups is 3.